The van der Waals surface area contributed by atoms with Gasteiger partial charge >= 0.3 is 0 Å². The molecule has 1 aromatic heterocycles. The fourth-order valence-corrected chi connectivity index (χ4v) is 1.26. The number of aromatic nitrogens is 2. The van der Waals surface area contributed by atoms with Crippen molar-refractivity contribution in [2.24, 2.45) is 0 Å². The average Bonchev–Trinajstić information content (AvgIpc) is 2.63. The van der Waals surface area contributed by atoms with Crippen LogP contribution in [0.3, 0.4) is 0 Å². The Kier molecular flexibility index (Phi) is 5.06. The Morgan fingerprint density at radius 1 is 1.67 bits per heavy atom. The van der Waals surface area contributed by atoms with Gasteiger partial charge in [0.15, 0.2) is 5.11 Å². The third-order valence-corrected chi connectivity index (χ3v) is 1.93. The molecule has 15 heavy (non-hydrogen) atoms. The third kappa shape index (κ3) is 4.26. The van der Waals surface area contributed by atoms with Crippen molar-refractivity contribution < 1.29 is 4.74 Å². The molecule has 0 fully saturated rings. The van der Waals surface area contributed by atoms with Crippen LogP contribution in [0.4, 0.5) is 5.69 Å². The summed E-state index contributed by atoms with van der Waals surface area (Å²) in [6.45, 7) is 3.40. The summed E-state index contributed by atoms with van der Waals surface area (Å²) in [6.07, 6.45) is 4.59. The van der Waals surface area contributed by atoms with Gasteiger partial charge in [-0.2, -0.15) is 5.10 Å². The van der Waals surface area contributed by atoms with Crippen LogP contribution < -0.4 is 10.6 Å². The first-order chi connectivity index (χ1) is 7.26. The molecular weight excluding hydrogens is 212 g/mol. The topological polar surface area (TPSA) is 51.1 Å². The summed E-state index contributed by atoms with van der Waals surface area (Å²) < 4.78 is 6.62. The zero-order valence-electron chi connectivity index (χ0n) is 8.99. The van der Waals surface area contributed by atoms with Crippen LogP contribution in [-0.2, 0) is 11.5 Å². The lowest BCUT2D eigenvalue weighted by Crippen LogP contribution is -2.28. The second-order valence-electron chi connectivity index (χ2n) is 3.07. The van der Waals surface area contributed by atoms with Gasteiger partial charge in [-0.05, 0) is 18.6 Å². The minimum Gasteiger partial charge on any atom is -0.362 e. The van der Waals surface area contributed by atoms with Crippen molar-refractivity contribution in [1.82, 2.24) is 15.1 Å². The molecule has 0 aliphatic rings. The first-order valence-corrected chi connectivity index (χ1v) is 5.23. The lowest BCUT2D eigenvalue weighted by atomic mass is 10.5. The molecule has 0 amide bonds. The molecule has 0 spiro atoms. The van der Waals surface area contributed by atoms with E-state index in [1.54, 1.807) is 18.0 Å². The van der Waals surface area contributed by atoms with Crippen LogP contribution in [0.1, 0.15) is 13.3 Å². The Balaban J connectivity index is 2.39. The van der Waals surface area contributed by atoms with Gasteiger partial charge in [0, 0.05) is 13.7 Å². The molecule has 84 valence electrons. The fourth-order valence-electron chi connectivity index (χ4n) is 1.04. The molecule has 0 aliphatic heterocycles. The quantitative estimate of drug-likeness (QED) is 0.741. The molecule has 0 unspecified atom stereocenters. The van der Waals surface area contributed by atoms with Crippen molar-refractivity contribution in [2.45, 2.75) is 20.1 Å². The number of hydrogen-bond donors (Lipinski definition) is 2. The zero-order valence-corrected chi connectivity index (χ0v) is 9.80. The molecule has 0 atom stereocenters. The van der Waals surface area contributed by atoms with E-state index >= 15 is 0 Å². The first kappa shape index (κ1) is 11.9. The molecule has 0 aliphatic carbocycles. The summed E-state index contributed by atoms with van der Waals surface area (Å²) in [7, 11) is 1.63. The van der Waals surface area contributed by atoms with Crippen molar-refractivity contribution in [3.63, 3.8) is 0 Å². The Morgan fingerprint density at radius 2 is 2.47 bits per heavy atom. The average molecular weight is 228 g/mol. The minimum absolute atomic E-state index is 0.441. The van der Waals surface area contributed by atoms with E-state index in [1.165, 1.54) is 0 Å². The van der Waals surface area contributed by atoms with Gasteiger partial charge in [0.25, 0.3) is 0 Å². The van der Waals surface area contributed by atoms with Gasteiger partial charge in [-0.3, -0.25) is 0 Å². The van der Waals surface area contributed by atoms with E-state index in [4.69, 9.17) is 17.0 Å². The molecule has 5 nitrogen and oxygen atoms in total. The summed E-state index contributed by atoms with van der Waals surface area (Å²) in [4.78, 5) is 0. The van der Waals surface area contributed by atoms with Gasteiger partial charge in [-0.25, -0.2) is 4.68 Å². The SMILES string of the molecule is CCCNC(=S)Nc1cnn(COC)c1. The van der Waals surface area contributed by atoms with Crippen molar-refractivity contribution in [2.75, 3.05) is 19.0 Å². The van der Waals surface area contributed by atoms with Crippen LogP contribution in [0, 0.1) is 0 Å². The molecule has 0 bridgehead atoms. The predicted molar refractivity (Wildman–Crippen MR) is 63.8 cm³/mol. The predicted octanol–water partition coefficient (Wildman–Crippen LogP) is 1.18. The van der Waals surface area contributed by atoms with Crippen molar-refractivity contribution in [3.8, 4) is 0 Å². The Hall–Kier alpha value is -1.14. The van der Waals surface area contributed by atoms with E-state index in [-0.39, 0.29) is 0 Å². The van der Waals surface area contributed by atoms with Gasteiger partial charge in [0.2, 0.25) is 0 Å². The first-order valence-electron chi connectivity index (χ1n) is 4.82. The summed E-state index contributed by atoms with van der Waals surface area (Å²) >= 11 is 5.08. The summed E-state index contributed by atoms with van der Waals surface area (Å²) in [5.41, 5.74) is 0.862. The van der Waals surface area contributed by atoms with Gasteiger partial charge in [0.05, 0.1) is 18.1 Å². The van der Waals surface area contributed by atoms with Crippen molar-refractivity contribution >= 4 is 23.0 Å². The van der Waals surface area contributed by atoms with Crippen LogP contribution in [-0.4, -0.2) is 28.5 Å². The summed E-state index contributed by atoms with van der Waals surface area (Å²) in [5.74, 6) is 0. The summed E-state index contributed by atoms with van der Waals surface area (Å²) in [5, 5.41) is 10.8. The maximum absolute atomic E-state index is 5.08. The number of ether oxygens (including phenoxy) is 1. The van der Waals surface area contributed by atoms with Gasteiger partial charge in [-0.1, -0.05) is 6.92 Å². The number of methoxy groups -OCH3 is 1. The smallest absolute Gasteiger partial charge is 0.170 e. The molecule has 0 radical (unpaired) electrons. The van der Waals surface area contributed by atoms with E-state index in [0.717, 1.165) is 18.7 Å². The molecule has 2 N–H and O–H groups in total. The number of anilines is 1. The van der Waals surface area contributed by atoms with E-state index in [9.17, 15) is 0 Å². The number of nitrogens with zero attached hydrogens (tertiary/aromatic N) is 2. The number of thiocarbonyl (C=S) groups is 1. The van der Waals surface area contributed by atoms with E-state index in [2.05, 4.69) is 22.7 Å². The highest BCUT2D eigenvalue weighted by atomic mass is 32.1. The third-order valence-electron chi connectivity index (χ3n) is 1.69. The molecule has 0 aromatic carbocycles. The summed E-state index contributed by atoms with van der Waals surface area (Å²) in [6, 6.07) is 0. The van der Waals surface area contributed by atoms with E-state index in [0.29, 0.717) is 11.8 Å². The van der Waals surface area contributed by atoms with Crippen molar-refractivity contribution in [1.29, 1.82) is 0 Å². The molecule has 0 saturated heterocycles. The molecule has 6 heteroatoms. The van der Waals surface area contributed by atoms with Gasteiger partial charge in [-0.15, -0.1) is 0 Å². The molecule has 1 aromatic rings. The normalized spacial score (nSPS) is 10.0. The molecule has 1 rings (SSSR count). The second-order valence-corrected chi connectivity index (χ2v) is 3.48. The standard InChI is InChI=1S/C9H16N4OS/c1-3-4-10-9(15)12-8-5-11-13(6-8)7-14-2/h5-6H,3-4,7H2,1-2H3,(H2,10,12,15). The Bertz CT molecular complexity index is 313. The fraction of sp³-hybridized carbons (Fsp3) is 0.556. The van der Waals surface area contributed by atoms with Crippen LogP contribution in [0.5, 0.6) is 0 Å². The van der Waals surface area contributed by atoms with Crippen LogP contribution >= 0.6 is 12.2 Å². The monoisotopic (exact) mass is 228 g/mol. The number of rotatable bonds is 5. The molecule has 0 saturated carbocycles. The second kappa shape index (κ2) is 6.36. The lowest BCUT2D eigenvalue weighted by molar-refractivity contribution is 0.120. The van der Waals surface area contributed by atoms with Crippen LogP contribution in [0.25, 0.3) is 0 Å². The highest BCUT2D eigenvalue weighted by Crippen LogP contribution is 2.04. The van der Waals surface area contributed by atoms with E-state index in [1.807, 2.05) is 6.20 Å². The number of hydrogen-bond acceptors (Lipinski definition) is 3. The molecular formula is C9H16N4OS. The van der Waals surface area contributed by atoms with E-state index < -0.39 is 0 Å². The van der Waals surface area contributed by atoms with Gasteiger partial charge < -0.3 is 15.4 Å². The highest BCUT2D eigenvalue weighted by molar-refractivity contribution is 7.80. The number of nitrogens with one attached hydrogen (secondary N) is 2. The zero-order chi connectivity index (χ0) is 11.1. The minimum atomic E-state index is 0.441. The highest BCUT2D eigenvalue weighted by Gasteiger charge is 1.99. The Morgan fingerprint density at radius 3 is 3.13 bits per heavy atom. The lowest BCUT2D eigenvalue weighted by Gasteiger charge is -2.06. The van der Waals surface area contributed by atoms with Crippen LogP contribution in [0.2, 0.25) is 0 Å². The van der Waals surface area contributed by atoms with Crippen molar-refractivity contribution in [3.05, 3.63) is 12.4 Å². The Labute approximate surface area is 94.8 Å². The van der Waals surface area contributed by atoms with Crippen LogP contribution in [0.15, 0.2) is 12.4 Å². The van der Waals surface area contributed by atoms with Gasteiger partial charge in [0.1, 0.15) is 6.73 Å². The maximum atomic E-state index is 5.08. The maximum Gasteiger partial charge on any atom is 0.170 e. The largest absolute Gasteiger partial charge is 0.362 e. The molecule has 1 heterocycles.